The van der Waals surface area contributed by atoms with E-state index in [1.165, 1.54) is 12.8 Å². The maximum absolute atomic E-state index is 3.08. The van der Waals surface area contributed by atoms with Crippen LogP contribution in [0.5, 0.6) is 0 Å². The number of hydrogen-bond acceptors (Lipinski definition) is 1. The molecule has 0 aliphatic carbocycles. The van der Waals surface area contributed by atoms with Crippen molar-refractivity contribution in [1.82, 2.24) is 5.32 Å². The van der Waals surface area contributed by atoms with Gasteiger partial charge in [-0.3, -0.25) is 0 Å². The van der Waals surface area contributed by atoms with Crippen molar-refractivity contribution in [2.45, 2.75) is 33.6 Å². The second kappa shape index (κ2) is 6.48. The third kappa shape index (κ3) is 4.26. The molecule has 0 saturated carbocycles. The fraction of sp³-hybridized carbons (Fsp3) is 0.778. The quantitative estimate of drug-likeness (QED) is 0.464. The van der Waals surface area contributed by atoms with E-state index in [9.17, 15) is 0 Å². The predicted molar refractivity (Wildman–Crippen MR) is 45.5 cm³/mol. The van der Waals surface area contributed by atoms with Crippen LogP contribution in [0.1, 0.15) is 33.6 Å². The molecule has 1 N–H and O–H groups in total. The van der Waals surface area contributed by atoms with Crippen LogP contribution in [0.3, 0.4) is 0 Å². The Kier molecular flexibility index (Phi) is 6.06. The molecule has 0 rings (SSSR count). The Morgan fingerprint density at radius 1 is 1.30 bits per heavy atom. The number of nitrogens with one attached hydrogen (secondary N) is 1. The van der Waals surface area contributed by atoms with E-state index in [4.69, 9.17) is 0 Å². The summed E-state index contributed by atoms with van der Waals surface area (Å²) in [6, 6.07) is 2.85. The molecule has 58 valence electrons. The molecule has 0 aromatic carbocycles. The van der Waals surface area contributed by atoms with Gasteiger partial charge in [0.2, 0.25) is 0 Å². The van der Waals surface area contributed by atoms with Gasteiger partial charge in [0.15, 0.2) is 0 Å². The molecule has 0 aliphatic rings. The topological polar surface area (TPSA) is 12.0 Å². The van der Waals surface area contributed by atoms with Gasteiger partial charge < -0.3 is 5.32 Å². The van der Waals surface area contributed by atoms with Crippen LogP contribution in [0, 0.1) is 17.9 Å². The molecule has 0 spiro atoms. The zero-order valence-corrected chi connectivity index (χ0v) is 7.20. The summed E-state index contributed by atoms with van der Waals surface area (Å²) in [5.74, 6) is 3.60. The van der Waals surface area contributed by atoms with E-state index in [0.717, 1.165) is 12.5 Å². The van der Waals surface area contributed by atoms with Gasteiger partial charge in [0.1, 0.15) is 0 Å². The Balaban J connectivity index is 3.31. The summed E-state index contributed by atoms with van der Waals surface area (Å²) < 4.78 is 0. The molecule has 0 saturated heterocycles. The van der Waals surface area contributed by atoms with Crippen molar-refractivity contribution in [3.63, 3.8) is 0 Å². The highest BCUT2D eigenvalue weighted by Crippen LogP contribution is 2.04. The SMILES string of the molecule is CC#CNCC(CC)CC. The molecule has 0 heterocycles. The van der Waals surface area contributed by atoms with Crippen molar-refractivity contribution in [2.24, 2.45) is 5.92 Å². The molecular weight excluding hydrogens is 122 g/mol. The first-order valence-electron chi connectivity index (χ1n) is 3.99. The average molecular weight is 139 g/mol. The van der Waals surface area contributed by atoms with Crippen LogP contribution in [0.2, 0.25) is 0 Å². The minimum Gasteiger partial charge on any atom is -0.346 e. The first-order chi connectivity index (χ1) is 4.85. The largest absolute Gasteiger partial charge is 0.346 e. The van der Waals surface area contributed by atoms with Gasteiger partial charge in [-0.15, -0.1) is 0 Å². The maximum Gasteiger partial charge on any atom is 0.0257 e. The molecule has 0 aliphatic heterocycles. The minimum absolute atomic E-state index is 0.792. The van der Waals surface area contributed by atoms with Gasteiger partial charge in [0.05, 0.1) is 0 Å². The zero-order chi connectivity index (χ0) is 7.82. The highest BCUT2D eigenvalue weighted by Gasteiger charge is 1.99. The first-order valence-corrected chi connectivity index (χ1v) is 3.99. The van der Waals surface area contributed by atoms with E-state index in [-0.39, 0.29) is 0 Å². The van der Waals surface area contributed by atoms with E-state index in [2.05, 4.69) is 31.1 Å². The van der Waals surface area contributed by atoms with E-state index >= 15 is 0 Å². The van der Waals surface area contributed by atoms with Crippen LogP contribution in [-0.2, 0) is 0 Å². The molecular formula is C9H17N. The Hall–Kier alpha value is -0.640. The van der Waals surface area contributed by atoms with Crippen LogP contribution >= 0.6 is 0 Å². The summed E-state index contributed by atoms with van der Waals surface area (Å²) in [4.78, 5) is 0. The van der Waals surface area contributed by atoms with Crippen LogP contribution in [0.25, 0.3) is 0 Å². The molecule has 1 heteroatoms. The molecule has 10 heavy (non-hydrogen) atoms. The molecule has 0 fully saturated rings. The molecule has 1 nitrogen and oxygen atoms in total. The van der Waals surface area contributed by atoms with Crippen molar-refractivity contribution in [2.75, 3.05) is 6.54 Å². The second-order valence-corrected chi connectivity index (χ2v) is 2.44. The second-order valence-electron chi connectivity index (χ2n) is 2.44. The summed E-state index contributed by atoms with van der Waals surface area (Å²) in [5, 5.41) is 3.08. The summed E-state index contributed by atoms with van der Waals surface area (Å²) in [7, 11) is 0. The van der Waals surface area contributed by atoms with Crippen LogP contribution in [0.15, 0.2) is 0 Å². The normalized spacial score (nSPS) is 8.80. The minimum atomic E-state index is 0.792. The van der Waals surface area contributed by atoms with Gasteiger partial charge in [-0.25, -0.2) is 0 Å². The number of hydrogen-bond donors (Lipinski definition) is 1. The number of rotatable bonds is 4. The van der Waals surface area contributed by atoms with Crippen molar-refractivity contribution < 1.29 is 0 Å². The van der Waals surface area contributed by atoms with E-state index < -0.39 is 0 Å². The van der Waals surface area contributed by atoms with Gasteiger partial charge in [0, 0.05) is 12.6 Å². The van der Waals surface area contributed by atoms with Gasteiger partial charge in [-0.05, 0) is 12.8 Å². The van der Waals surface area contributed by atoms with Crippen molar-refractivity contribution in [1.29, 1.82) is 0 Å². The van der Waals surface area contributed by atoms with Gasteiger partial charge in [-0.2, -0.15) is 0 Å². The molecule has 0 aromatic rings. The van der Waals surface area contributed by atoms with Gasteiger partial charge in [-0.1, -0.05) is 32.6 Å². The standard InChI is InChI=1S/C9H17N/c1-4-7-10-8-9(5-2)6-3/h9-10H,5-6,8H2,1-3H3. The molecule has 0 atom stereocenters. The highest BCUT2D eigenvalue weighted by atomic mass is 14.8. The fourth-order valence-corrected chi connectivity index (χ4v) is 0.861. The molecule has 0 bridgehead atoms. The smallest absolute Gasteiger partial charge is 0.0257 e. The first kappa shape index (κ1) is 9.36. The van der Waals surface area contributed by atoms with E-state index in [1.54, 1.807) is 0 Å². The van der Waals surface area contributed by atoms with E-state index in [0.29, 0.717) is 0 Å². The molecule has 0 radical (unpaired) electrons. The Morgan fingerprint density at radius 3 is 2.30 bits per heavy atom. The van der Waals surface area contributed by atoms with Gasteiger partial charge in [0.25, 0.3) is 0 Å². The average Bonchev–Trinajstić information content (AvgIpc) is 1.99. The van der Waals surface area contributed by atoms with Crippen molar-refractivity contribution in [3.8, 4) is 12.0 Å². The van der Waals surface area contributed by atoms with Crippen LogP contribution < -0.4 is 5.32 Å². The zero-order valence-electron chi connectivity index (χ0n) is 7.20. The summed E-state index contributed by atoms with van der Waals surface area (Å²) in [6.07, 6.45) is 2.49. The lowest BCUT2D eigenvalue weighted by Crippen LogP contribution is -2.16. The van der Waals surface area contributed by atoms with Crippen LogP contribution in [-0.4, -0.2) is 6.54 Å². The molecule has 0 aromatic heterocycles. The summed E-state index contributed by atoms with van der Waals surface area (Å²) in [5.41, 5.74) is 0. The Morgan fingerprint density at radius 2 is 1.90 bits per heavy atom. The fourth-order valence-electron chi connectivity index (χ4n) is 0.861. The highest BCUT2D eigenvalue weighted by molar-refractivity contribution is 4.92. The predicted octanol–water partition coefficient (Wildman–Crippen LogP) is 1.99. The Labute approximate surface area is 64.2 Å². The monoisotopic (exact) mass is 139 g/mol. The van der Waals surface area contributed by atoms with Crippen molar-refractivity contribution >= 4 is 0 Å². The van der Waals surface area contributed by atoms with E-state index in [1.807, 2.05) is 6.92 Å². The molecule has 0 amide bonds. The third-order valence-corrected chi connectivity index (χ3v) is 1.76. The van der Waals surface area contributed by atoms with Gasteiger partial charge >= 0.3 is 0 Å². The maximum atomic E-state index is 3.08. The van der Waals surface area contributed by atoms with Crippen LogP contribution in [0.4, 0.5) is 0 Å². The third-order valence-electron chi connectivity index (χ3n) is 1.76. The molecule has 0 unspecified atom stereocenters. The van der Waals surface area contributed by atoms with Crippen molar-refractivity contribution in [3.05, 3.63) is 0 Å². The summed E-state index contributed by atoms with van der Waals surface area (Å²) >= 11 is 0. The summed E-state index contributed by atoms with van der Waals surface area (Å²) in [6.45, 7) is 7.32. The Bertz CT molecular complexity index is 114. The lowest BCUT2D eigenvalue weighted by Gasteiger charge is -2.09. The lowest BCUT2D eigenvalue weighted by atomic mass is 10.0. The lowest BCUT2D eigenvalue weighted by molar-refractivity contribution is 0.481.